The van der Waals surface area contributed by atoms with E-state index in [-0.39, 0.29) is 29.3 Å². The largest absolute Gasteiger partial charge is 0.495 e. The highest BCUT2D eigenvalue weighted by atomic mass is 35.5. The van der Waals surface area contributed by atoms with Gasteiger partial charge in [0.2, 0.25) is 10.0 Å². The van der Waals surface area contributed by atoms with Crippen molar-refractivity contribution < 1.29 is 22.7 Å². The van der Waals surface area contributed by atoms with E-state index in [2.05, 4.69) is 10.0 Å². The van der Waals surface area contributed by atoms with E-state index in [9.17, 15) is 13.2 Å². The number of amides is 1. The highest BCUT2D eigenvalue weighted by Crippen LogP contribution is 2.25. The van der Waals surface area contributed by atoms with Crippen LogP contribution in [0.2, 0.25) is 5.02 Å². The molecule has 3 aromatic carbocycles. The monoisotopic (exact) mass is 488 g/mol. The SMILES string of the molecule is COCc1ccccc1CNC(=O)c1ccc(OC)c(S(=O)(=O)NCc2ccc(Cl)cc2)c1. The lowest BCUT2D eigenvalue weighted by Gasteiger charge is -2.13. The van der Waals surface area contributed by atoms with Crippen LogP contribution in [0.15, 0.2) is 71.6 Å². The van der Waals surface area contributed by atoms with Gasteiger partial charge in [0.25, 0.3) is 5.91 Å². The Morgan fingerprint density at radius 1 is 0.939 bits per heavy atom. The summed E-state index contributed by atoms with van der Waals surface area (Å²) in [5.74, 6) is -0.264. The lowest BCUT2D eigenvalue weighted by Crippen LogP contribution is -2.26. The standard InChI is InChI=1S/C24H25ClN2O5S/c1-31-16-20-6-4-3-5-19(20)15-26-24(28)18-9-12-22(32-2)23(13-18)33(29,30)27-14-17-7-10-21(25)11-8-17/h3-13,27H,14-16H2,1-2H3,(H,26,28). The molecule has 3 rings (SSSR count). The smallest absolute Gasteiger partial charge is 0.251 e. The van der Waals surface area contributed by atoms with E-state index in [1.54, 1.807) is 31.4 Å². The molecule has 0 saturated heterocycles. The van der Waals surface area contributed by atoms with Gasteiger partial charge in [-0.2, -0.15) is 0 Å². The molecule has 7 nitrogen and oxygen atoms in total. The van der Waals surface area contributed by atoms with Crippen LogP contribution in [0.4, 0.5) is 0 Å². The fraction of sp³-hybridized carbons (Fsp3) is 0.208. The van der Waals surface area contributed by atoms with E-state index < -0.39 is 15.9 Å². The summed E-state index contributed by atoms with van der Waals surface area (Å²) in [6.07, 6.45) is 0. The van der Waals surface area contributed by atoms with Crippen LogP contribution in [0, 0.1) is 0 Å². The number of nitrogens with one attached hydrogen (secondary N) is 2. The second-order valence-electron chi connectivity index (χ2n) is 7.20. The third kappa shape index (κ3) is 6.55. The third-order valence-electron chi connectivity index (χ3n) is 4.95. The number of methoxy groups -OCH3 is 2. The molecule has 1 amide bonds. The lowest BCUT2D eigenvalue weighted by atomic mass is 10.1. The molecule has 0 spiro atoms. The fourth-order valence-corrected chi connectivity index (χ4v) is 4.53. The van der Waals surface area contributed by atoms with Gasteiger partial charge in [-0.25, -0.2) is 13.1 Å². The minimum absolute atomic E-state index is 0.0648. The number of rotatable bonds is 10. The molecule has 9 heteroatoms. The number of carbonyl (C=O) groups excluding carboxylic acids is 1. The number of hydrogen-bond donors (Lipinski definition) is 2. The Balaban J connectivity index is 1.76. The van der Waals surface area contributed by atoms with E-state index in [0.29, 0.717) is 11.6 Å². The first-order chi connectivity index (χ1) is 15.8. The zero-order valence-corrected chi connectivity index (χ0v) is 19.9. The Morgan fingerprint density at radius 2 is 1.64 bits per heavy atom. The Bertz CT molecular complexity index is 1210. The van der Waals surface area contributed by atoms with Crippen LogP contribution in [0.1, 0.15) is 27.0 Å². The van der Waals surface area contributed by atoms with E-state index in [1.165, 1.54) is 25.3 Å². The van der Waals surface area contributed by atoms with Crippen LogP contribution < -0.4 is 14.8 Å². The molecule has 33 heavy (non-hydrogen) atoms. The van der Waals surface area contributed by atoms with Gasteiger partial charge in [-0.05, 0) is 47.0 Å². The summed E-state index contributed by atoms with van der Waals surface area (Å²) in [5.41, 5.74) is 2.82. The van der Waals surface area contributed by atoms with Crippen molar-refractivity contribution in [1.29, 1.82) is 0 Å². The van der Waals surface area contributed by atoms with Gasteiger partial charge in [-0.3, -0.25) is 4.79 Å². The normalized spacial score (nSPS) is 11.2. The summed E-state index contributed by atoms with van der Waals surface area (Å²) in [4.78, 5) is 12.6. The first kappa shape index (κ1) is 24.7. The molecule has 174 valence electrons. The molecule has 0 aliphatic heterocycles. The average Bonchev–Trinajstić information content (AvgIpc) is 2.82. The molecule has 0 atom stereocenters. The molecule has 0 saturated carbocycles. The highest BCUT2D eigenvalue weighted by molar-refractivity contribution is 7.89. The first-order valence-corrected chi connectivity index (χ1v) is 12.0. The van der Waals surface area contributed by atoms with Gasteiger partial charge < -0.3 is 14.8 Å². The molecular weight excluding hydrogens is 464 g/mol. The van der Waals surface area contributed by atoms with E-state index in [1.807, 2.05) is 24.3 Å². The maximum Gasteiger partial charge on any atom is 0.251 e. The summed E-state index contributed by atoms with van der Waals surface area (Å²) in [6, 6.07) is 18.7. The van der Waals surface area contributed by atoms with E-state index in [0.717, 1.165) is 16.7 Å². The summed E-state index contributed by atoms with van der Waals surface area (Å²) < 4.78 is 38.9. The van der Waals surface area contributed by atoms with Crippen LogP contribution in [0.5, 0.6) is 5.75 Å². The van der Waals surface area contributed by atoms with Crippen molar-refractivity contribution >= 4 is 27.5 Å². The van der Waals surface area contributed by atoms with Gasteiger partial charge in [-0.15, -0.1) is 0 Å². The van der Waals surface area contributed by atoms with Crippen molar-refractivity contribution in [3.8, 4) is 5.75 Å². The molecule has 0 bridgehead atoms. The Kier molecular flexibility index (Phi) is 8.46. The number of hydrogen-bond acceptors (Lipinski definition) is 5. The summed E-state index contributed by atoms with van der Waals surface area (Å²) in [5, 5.41) is 3.39. The molecular formula is C24H25ClN2O5S. The number of benzene rings is 3. The van der Waals surface area contributed by atoms with Gasteiger partial charge in [0.15, 0.2) is 0 Å². The minimum atomic E-state index is -3.95. The molecule has 0 aromatic heterocycles. The van der Waals surface area contributed by atoms with E-state index >= 15 is 0 Å². The third-order valence-corrected chi connectivity index (χ3v) is 6.63. The molecule has 2 N–H and O–H groups in total. The van der Waals surface area contributed by atoms with Crippen LogP contribution in [0.3, 0.4) is 0 Å². The summed E-state index contributed by atoms with van der Waals surface area (Å²) in [6.45, 7) is 0.771. The number of carbonyl (C=O) groups is 1. The maximum atomic E-state index is 13.0. The summed E-state index contributed by atoms with van der Waals surface area (Å²) >= 11 is 5.87. The molecule has 0 aliphatic carbocycles. The van der Waals surface area contributed by atoms with Crippen molar-refractivity contribution in [3.63, 3.8) is 0 Å². The molecule has 0 aliphatic rings. The molecule has 0 fully saturated rings. The van der Waals surface area contributed by atoms with Gasteiger partial charge in [-0.1, -0.05) is 48.0 Å². The van der Waals surface area contributed by atoms with Gasteiger partial charge in [0, 0.05) is 30.8 Å². The zero-order valence-electron chi connectivity index (χ0n) is 18.3. The van der Waals surface area contributed by atoms with E-state index in [4.69, 9.17) is 21.1 Å². The second-order valence-corrected chi connectivity index (χ2v) is 9.37. The predicted molar refractivity (Wildman–Crippen MR) is 127 cm³/mol. The Hall–Kier alpha value is -2.91. The molecule has 0 unspecified atom stereocenters. The predicted octanol–water partition coefficient (Wildman–Crippen LogP) is 3.90. The van der Waals surface area contributed by atoms with Crippen molar-refractivity contribution in [2.75, 3.05) is 14.2 Å². The minimum Gasteiger partial charge on any atom is -0.495 e. The lowest BCUT2D eigenvalue weighted by molar-refractivity contribution is 0.0950. The highest BCUT2D eigenvalue weighted by Gasteiger charge is 2.21. The van der Waals surface area contributed by atoms with Crippen LogP contribution >= 0.6 is 11.6 Å². The van der Waals surface area contributed by atoms with Crippen molar-refractivity contribution in [2.45, 2.75) is 24.6 Å². The van der Waals surface area contributed by atoms with Crippen LogP contribution in [-0.2, 0) is 34.5 Å². The number of sulfonamides is 1. The molecule has 0 heterocycles. The molecule has 3 aromatic rings. The van der Waals surface area contributed by atoms with Crippen molar-refractivity contribution in [1.82, 2.24) is 10.0 Å². The van der Waals surface area contributed by atoms with Crippen molar-refractivity contribution in [3.05, 3.63) is 94.0 Å². The maximum absolute atomic E-state index is 13.0. The fourth-order valence-electron chi connectivity index (χ4n) is 3.19. The topological polar surface area (TPSA) is 93.7 Å². The number of halogens is 1. The Labute approximate surface area is 198 Å². The quantitative estimate of drug-likeness (QED) is 0.451. The van der Waals surface area contributed by atoms with Gasteiger partial charge in [0.05, 0.1) is 13.7 Å². The van der Waals surface area contributed by atoms with Gasteiger partial charge >= 0.3 is 0 Å². The zero-order chi connectivity index (χ0) is 23.8. The van der Waals surface area contributed by atoms with Gasteiger partial charge in [0.1, 0.15) is 10.6 Å². The second kappa shape index (κ2) is 11.3. The molecule has 0 radical (unpaired) electrons. The number of ether oxygens (including phenoxy) is 2. The van der Waals surface area contributed by atoms with Crippen molar-refractivity contribution in [2.24, 2.45) is 0 Å². The van der Waals surface area contributed by atoms with Crippen LogP contribution in [-0.4, -0.2) is 28.5 Å². The first-order valence-electron chi connectivity index (χ1n) is 10.1. The van der Waals surface area contributed by atoms with Crippen LogP contribution in [0.25, 0.3) is 0 Å². The Morgan fingerprint density at radius 3 is 2.30 bits per heavy atom. The average molecular weight is 489 g/mol. The summed E-state index contributed by atoms with van der Waals surface area (Å²) in [7, 11) is -0.971.